The fourth-order valence-electron chi connectivity index (χ4n) is 2.18. The molecule has 2 aromatic carbocycles. The summed E-state index contributed by atoms with van der Waals surface area (Å²) < 4.78 is 2.29. The van der Waals surface area contributed by atoms with Crippen molar-refractivity contribution in [2.75, 3.05) is 17.7 Å². The highest BCUT2D eigenvalue weighted by molar-refractivity contribution is 9.10. The van der Waals surface area contributed by atoms with Crippen LogP contribution in [0.3, 0.4) is 0 Å². The molecule has 0 fully saturated rings. The average Bonchev–Trinajstić information content (AvgIpc) is 2.82. The van der Waals surface area contributed by atoms with E-state index in [9.17, 15) is 0 Å². The van der Waals surface area contributed by atoms with Crippen LogP contribution >= 0.6 is 27.3 Å². The maximum atomic E-state index is 6.10. The highest BCUT2D eigenvalue weighted by Crippen LogP contribution is 2.38. The quantitative estimate of drug-likeness (QED) is 0.668. The molecule has 3 aromatic rings. The monoisotopic (exact) mass is 332 g/mol. The van der Waals surface area contributed by atoms with Gasteiger partial charge in [0.15, 0.2) is 0 Å². The predicted octanol–water partition coefficient (Wildman–Crippen LogP) is 5.01. The molecular formula is C15H13BrN2S. The number of halogens is 1. The lowest BCUT2D eigenvalue weighted by Crippen LogP contribution is -2.10. The van der Waals surface area contributed by atoms with Gasteiger partial charge in [-0.15, -0.1) is 11.3 Å². The van der Waals surface area contributed by atoms with Crippen LogP contribution in [0.2, 0.25) is 0 Å². The molecule has 4 heteroatoms. The van der Waals surface area contributed by atoms with E-state index >= 15 is 0 Å². The maximum absolute atomic E-state index is 6.10. The minimum atomic E-state index is 0.771. The van der Waals surface area contributed by atoms with Gasteiger partial charge in [0, 0.05) is 27.0 Å². The van der Waals surface area contributed by atoms with Crippen LogP contribution in [0.1, 0.15) is 0 Å². The van der Waals surface area contributed by atoms with Crippen LogP contribution in [0.25, 0.3) is 10.1 Å². The molecule has 1 aromatic heterocycles. The van der Waals surface area contributed by atoms with Crippen molar-refractivity contribution in [3.05, 3.63) is 52.3 Å². The Morgan fingerprint density at radius 1 is 1.11 bits per heavy atom. The van der Waals surface area contributed by atoms with Crippen molar-refractivity contribution in [1.82, 2.24) is 0 Å². The van der Waals surface area contributed by atoms with Gasteiger partial charge in [0.2, 0.25) is 0 Å². The van der Waals surface area contributed by atoms with E-state index in [1.54, 1.807) is 11.3 Å². The second-order valence-corrected chi connectivity index (χ2v) is 6.21. The molecule has 3 rings (SSSR count). The minimum absolute atomic E-state index is 0.771. The molecule has 19 heavy (non-hydrogen) atoms. The number of thiophene rings is 1. The SMILES string of the molecule is CN(c1ccc(Br)cc1N)c1csc2ccccc12. The summed E-state index contributed by atoms with van der Waals surface area (Å²) in [5.41, 5.74) is 9.08. The zero-order valence-corrected chi connectivity index (χ0v) is 12.8. The molecule has 0 bridgehead atoms. The predicted molar refractivity (Wildman–Crippen MR) is 88.4 cm³/mol. The standard InChI is InChI=1S/C15H13BrN2S/c1-18(13-7-6-10(16)8-12(13)17)14-9-19-15-5-3-2-4-11(14)15/h2-9H,17H2,1H3. The van der Waals surface area contributed by atoms with Crippen molar-refractivity contribution in [3.8, 4) is 0 Å². The van der Waals surface area contributed by atoms with Crippen molar-refractivity contribution < 1.29 is 0 Å². The van der Waals surface area contributed by atoms with Crippen LogP contribution in [0.5, 0.6) is 0 Å². The van der Waals surface area contributed by atoms with Crippen molar-refractivity contribution in [2.45, 2.75) is 0 Å². The number of hydrogen-bond donors (Lipinski definition) is 1. The van der Waals surface area contributed by atoms with Crippen molar-refractivity contribution in [1.29, 1.82) is 0 Å². The first kappa shape index (κ1) is 12.5. The van der Waals surface area contributed by atoms with Crippen LogP contribution in [0.15, 0.2) is 52.3 Å². The number of hydrogen-bond acceptors (Lipinski definition) is 3. The minimum Gasteiger partial charge on any atom is -0.397 e. The lowest BCUT2D eigenvalue weighted by Gasteiger charge is -2.20. The van der Waals surface area contributed by atoms with Crippen LogP contribution in [-0.2, 0) is 0 Å². The van der Waals surface area contributed by atoms with E-state index in [2.05, 4.69) is 50.5 Å². The Balaban J connectivity index is 2.10. The van der Waals surface area contributed by atoms with E-state index in [-0.39, 0.29) is 0 Å². The summed E-state index contributed by atoms with van der Waals surface area (Å²) in [6.45, 7) is 0. The van der Waals surface area contributed by atoms with Gasteiger partial charge in [0.1, 0.15) is 0 Å². The van der Waals surface area contributed by atoms with Gasteiger partial charge < -0.3 is 10.6 Å². The third-order valence-electron chi connectivity index (χ3n) is 3.17. The fraction of sp³-hybridized carbons (Fsp3) is 0.0667. The molecule has 1 heterocycles. The summed E-state index contributed by atoms with van der Waals surface area (Å²) in [5.74, 6) is 0. The number of fused-ring (bicyclic) bond motifs is 1. The molecule has 0 aliphatic rings. The summed E-state index contributed by atoms with van der Waals surface area (Å²) in [6.07, 6.45) is 0. The first-order valence-corrected chi connectivity index (χ1v) is 7.59. The number of nitrogens with zero attached hydrogens (tertiary/aromatic N) is 1. The normalized spacial score (nSPS) is 10.8. The second-order valence-electron chi connectivity index (χ2n) is 4.38. The van der Waals surface area contributed by atoms with Gasteiger partial charge in [-0.3, -0.25) is 0 Å². The van der Waals surface area contributed by atoms with E-state index in [4.69, 9.17) is 5.73 Å². The fourth-order valence-corrected chi connectivity index (χ4v) is 3.54. The van der Waals surface area contributed by atoms with Gasteiger partial charge in [0.25, 0.3) is 0 Å². The Hall–Kier alpha value is -1.52. The molecule has 0 unspecified atom stereocenters. The van der Waals surface area contributed by atoms with Crippen molar-refractivity contribution in [3.63, 3.8) is 0 Å². The van der Waals surface area contributed by atoms with Gasteiger partial charge >= 0.3 is 0 Å². The molecule has 0 amide bonds. The summed E-state index contributed by atoms with van der Waals surface area (Å²) in [4.78, 5) is 2.14. The molecule has 0 aliphatic carbocycles. The van der Waals surface area contributed by atoms with Gasteiger partial charge in [-0.25, -0.2) is 0 Å². The molecule has 2 nitrogen and oxygen atoms in total. The smallest absolute Gasteiger partial charge is 0.0642 e. The van der Waals surface area contributed by atoms with Crippen LogP contribution < -0.4 is 10.6 Å². The number of rotatable bonds is 2. The van der Waals surface area contributed by atoms with Crippen LogP contribution in [-0.4, -0.2) is 7.05 Å². The molecule has 2 N–H and O–H groups in total. The van der Waals surface area contributed by atoms with Crippen LogP contribution in [0, 0.1) is 0 Å². The molecule has 96 valence electrons. The van der Waals surface area contributed by atoms with Crippen molar-refractivity contribution in [2.24, 2.45) is 0 Å². The van der Waals surface area contributed by atoms with E-state index in [0.29, 0.717) is 0 Å². The summed E-state index contributed by atoms with van der Waals surface area (Å²) in [5, 5.41) is 3.43. The number of nitrogen functional groups attached to an aromatic ring is 1. The van der Waals surface area contributed by atoms with E-state index in [0.717, 1.165) is 15.8 Å². The third-order valence-corrected chi connectivity index (χ3v) is 4.62. The summed E-state index contributed by atoms with van der Waals surface area (Å²) in [7, 11) is 2.05. The molecule has 0 saturated heterocycles. The molecular weight excluding hydrogens is 320 g/mol. The molecule has 0 saturated carbocycles. The average molecular weight is 333 g/mol. The molecule has 0 atom stereocenters. The van der Waals surface area contributed by atoms with Gasteiger partial charge in [-0.05, 0) is 24.3 Å². The lowest BCUT2D eigenvalue weighted by molar-refractivity contribution is 1.23. The van der Waals surface area contributed by atoms with E-state index < -0.39 is 0 Å². The molecule has 0 spiro atoms. The topological polar surface area (TPSA) is 29.3 Å². The number of nitrogens with two attached hydrogens (primary N) is 1. The first-order chi connectivity index (χ1) is 9.16. The third kappa shape index (κ3) is 2.22. The van der Waals surface area contributed by atoms with Gasteiger partial charge in [0.05, 0.1) is 17.1 Å². The number of benzene rings is 2. The lowest BCUT2D eigenvalue weighted by atomic mass is 10.2. The zero-order chi connectivity index (χ0) is 13.4. The highest BCUT2D eigenvalue weighted by Gasteiger charge is 2.12. The maximum Gasteiger partial charge on any atom is 0.0642 e. The summed E-state index contributed by atoms with van der Waals surface area (Å²) in [6, 6.07) is 14.4. The highest BCUT2D eigenvalue weighted by atomic mass is 79.9. The Morgan fingerprint density at radius 3 is 2.68 bits per heavy atom. The largest absolute Gasteiger partial charge is 0.397 e. The van der Waals surface area contributed by atoms with Gasteiger partial charge in [-0.1, -0.05) is 34.1 Å². The zero-order valence-electron chi connectivity index (χ0n) is 10.4. The molecule has 0 radical (unpaired) electrons. The van der Waals surface area contributed by atoms with E-state index in [1.165, 1.54) is 15.8 Å². The Kier molecular flexibility index (Phi) is 3.21. The summed E-state index contributed by atoms with van der Waals surface area (Å²) >= 11 is 5.19. The van der Waals surface area contributed by atoms with Crippen molar-refractivity contribution >= 4 is 54.4 Å². The van der Waals surface area contributed by atoms with E-state index in [1.807, 2.05) is 25.2 Å². The Labute approximate surface area is 124 Å². The van der Waals surface area contributed by atoms with Gasteiger partial charge in [-0.2, -0.15) is 0 Å². The Bertz CT molecular complexity index is 736. The first-order valence-electron chi connectivity index (χ1n) is 5.92. The van der Waals surface area contributed by atoms with Crippen LogP contribution in [0.4, 0.5) is 17.1 Å². The Morgan fingerprint density at radius 2 is 1.89 bits per heavy atom. The molecule has 0 aliphatic heterocycles. The number of anilines is 3. The second kappa shape index (κ2) is 4.87.